The fourth-order valence-corrected chi connectivity index (χ4v) is 1.91. The molecule has 0 unspecified atom stereocenters. The van der Waals surface area contributed by atoms with Crippen molar-refractivity contribution in [1.82, 2.24) is 4.68 Å². The Morgan fingerprint density at radius 3 is 3.17 bits per heavy atom. The number of nitrogens with one attached hydrogen (secondary N) is 1. The van der Waals surface area contributed by atoms with Gasteiger partial charge in [0.05, 0.1) is 6.54 Å². The third-order valence-electron chi connectivity index (χ3n) is 1.75. The fraction of sp³-hybridized carbons (Fsp3) is 0.143. The number of nitrogen functional groups attached to an aromatic ring is 1. The van der Waals surface area contributed by atoms with Gasteiger partial charge in [0.25, 0.3) is 0 Å². The van der Waals surface area contributed by atoms with E-state index in [4.69, 9.17) is 17.4 Å². The van der Waals surface area contributed by atoms with Crippen molar-refractivity contribution in [2.45, 2.75) is 0 Å². The summed E-state index contributed by atoms with van der Waals surface area (Å²) in [5.41, 5.74) is 1.01. The minimum absolute atomic E-state index is 0.641. The lowest BCUT2D eigenvalue weighted by atomic mass is 10.2. The number of nitrogens with zero attached hydrogens (tertiary/aromatic N) is 1. The SMILES string of the molecule is Nn1cc(Br)c2c1NCC(Cl)=C2. The molecule has 64 valence electrons. The van der Waals surface area contributed by atoms with Crippen LogP contribution < -0.4 is 11.2 Å². The molecular weight excluding hydrogens is 241 g/mol. The van der Waals surface area contributed by atoms with Crippen molar-refractivity contribution < 1.29 is 0 Å². The lowest BCUT2D eigenvalue weighted by molar-refractivity contribution is 1.00. The largest absolute Gasteiger partial charge is 0.365 e. The van der Waals surface area contributed by atoms with Gasteiger partial charge in [-0.2, -0.15) is 0 Å². The smallest absolute Gasteiger partial charge is 0.133 e. The molecule has 1 aliphatic heterocycles. The molecule has 0 saturated heterocycles. The van der Waals surface area contributed by atoms with Crippen molar-refractivity contribution in [1.29, 1.82) is 0 Å². The van der Waals surface area contributed by atoms with Crippen molar-refractivity contribution >= 4 is 39.4 Å². The summed E-state index contributed by atoms with van der Waals surface area (Å²) in [6, 6.07) is 0. The van der Waals surface area contributed by atoms with Crippen molar-refractivity contribution in [2.75, 3.05) is 17.7 Å². The van der Waals surface area contributed by atoms with E-state index in [0.29, 0.717) is 6.54 Å². The highest BCUT2D eigenvalue weighted by Gasteiger charge is 2.15. The van der Waals surface area contributed by atoms with Crippen LogP contribution in [0.3, 0.4) is 0 Å². The maximum atomic E-state index is 5.85. The van der Waals surface area contributed by atoms with Crippen LogP contribution in [0.15, 0.2) is 15.7 Å². The van der Waals surface area contributed by atoms with Crippen LogP contribution in [0.1, 0.15) is 5.56 Å². The predicted molar refractivity (Wildman–Crippen MR) is 54.6 cm³/mol. The van der Waals surface area contributed by atoms with Crippen LogP contribution in [0.2, 0.25) is 0 Å². The van der Waals surface area contributed by atoms with Crippen molar-refractivity contribution in [3.8, 4) is 0 Å². The zero-order chi connectivity index (χ0) is 8.72. The molecule has 3 N–H and O–H groups in total. The fourth-order valence-electron chi connectivity index (χ4n) is 1.21. The summed E-state index contributed by atoms with van der Waals surface area (Å²) in [5, 5.41) is 3.90. The normalized spacial score (nSPS) is 15.0. The topological polar surface area (TPSA) is 43.0 Å². The van der Waals surface area contributed by atoms with Crippen LogP contribution in [0, 0.1) is 0 Å². The molecule has 0 aromatic carbocycles. The van der Waals surface area contributed by atoms with Crippen LogP contribution in [-0.2, 0) is 0 Å². The molecule has 0 amide bonds. The molecule has 2 rings (SSSR count). The number of anilines is 1. The standard InChI is InChI=1S/C7H7BrClN3/c8-6-3-12(10)7-5(6)1-4(9)2-11-7/h1,3,11H,2,10H2. The van der Waals surface area contributed by atoms with Gasteiger partial charge in [-0.25, -0.2) is 0 Å². The lowest BCUT2D eigenvalue weighted by Crippen LogP contribution is -2.15. The zero-order valence-corrected chi connectivity index (χ0v) is 8.48. The molecule has 0 bridgehead atoms. The molecule has 0 spiro atoms. The molecule has 0 aliphatic carbocycles. The first-order chi connectivity index (χ1) is 5.68. The summed E-state index contributed by atoms with van der Waals surface area (Å²) < 4.78 is 2.49. The summed E-state index contributed by atoms with van der Waals surface area (Å²) in [6.07, 6.45) is 3.70. The van der Waals surface area contributed by atoms with Crippen LogP contribution in [0.5, 0.6) is 0 Å². The number of aromatic nitrogens is 1. The van der Waals surface area contributed by atoms with E-state index in [1.165, 1.54) is 0 Å². The quantitative estimate of drug-likeness (QED) is 0.690. The van der Waals surface area contributed by atoms with Gasteiger partial charge in [-0.15, -0.1) is 0 Å². The first-order valence-electron chi connectivity index (χ1n) is 3.44. The van der Waals surface area contributed by atoms with E-state index in [-0.39, 0.29) is 0 Å². The molecule has 1 aromatic heterocycles. The second kappa shape index (κ2) is 2.71. The number of nitrogens with two attached hydrogens (primary N) is 1. The van der Waals surface area contributed by atoms with E-state index in [9.17, 15) is 0 Å². The van der Waals surface area contributed by atoms with Gasteiger partial charge in [-0.05, 0) is 22.0 Å². The number of fused-ring (bicyclic) bond motifs is 1. The molecule has 0 fully saturated rings. The second-order valence-electron chi connectivity index (χ2n) is 2.59. The monoisotopic (exact) mass is 247 g/mol. The maximum absolute atomic E-state index is 5.85. The van der Waals surface area contributed by atoms with Crippen LogP contribution >= 0.6 is 27.5 Å². The van der Waals surface area contributed by atoms with Gasteiger partial charge in [-0.1, -0.05) is 11.6 Å². The first kappa shape index (κ1) is 8.01. The molecule has 0 radical (unpaired) electrons. The van der Waals surface area contributed by atoms with Crippen molar-refractivity contribution in [3.63, 3.8) is 0 Å². The molecular formula is C7H7BrClN3. The number of rotatable bonds is 0. The molecule has 2 heterocycles. The summed E-state index contributed by atoms with van der Waals surface area (Å²) >= 11 is 9.24. The Morgan fingerprint density at radius 1 is 1.67 bits per heavy atom. The average molecular weight is 249 g/mol. The third kappa shape index (κ3) is 1.11. The molecule has 1 aromatic rings. The predicted octanol–water partition coefficient (Wildman–Crippen LogP) is 1.97. The van der Waals surface area contributed by atoms with Crippen LogP contribution in [0.25, 0.3) is 6.08 Å². The Labute approximate surface area is 83.3 Å². The highest BCUT2D eigenvalue weighted by molar-refractivity contribution is 9.10. The minimum atomic E-state index is 0.641. The Hall–Kier alpha value is -0.610. The van der Waals surface area contributed by atoms with Gasteiger partial charge in [-0.3, -0.25) is 4.68 Å². The molecule has 0 saturated carbocycles. The van der Waals surface area contributed by atoms with E-state index >= 15 is 0 Å². The minimum Gasteiger partial charge on any atom is -0.365 e. The summed E-state index contributed by atoms with van der Waals surface area (Å²) in [7, 11) is 0. The Kier molecular flexibility index (Phi) is 1.81. The van der Waals surface area contributed by atoms with Crippen molar-refractivity contribution in [2.24, 2.45) is 0 Å². The summed E-state index contributed by atoms with van der Waals surface area (Å²) in [5.74, 6) is 6.55. The summed E-state index contributed by atoms with van der Waals surface area (Å²) in [4.78, 5) is 0. The van der Waals surface area contributed by atoms with Gasteiger partial charge >= 0.3 is 0 Å². The molecule has 12 heavy (non-hydrogen) atoms. The maximum Gasteiger partial charge on any atom is 0.133 e. The van der Waals surface area contributed by atoms with E-state index in [1.54, 1.807) is 10.9 Å². The van der Waals surface area contributed by atoms with Gasteiger partial charge in [0.2, 0.25) is 0 Å². The van der Waals surface area contributed by atoms with E-state index in [1.807, 2.05) is 6.08 Å². The molecule has 0 atom stereocenters. The molecule has 3 nitrogen and oxygen atoms in total. The second-order valence-corrected chi connectivity index (χ2v) is 3.93. The zero-order valence-electron chi connectivity index (χ0n) is 6.14. The summed E-state index contributed by atoms with van der Waals surface area (Å²) in [6.45, 7) is 0.641. The number of hydrogen-bond acceptors (Lipinski definition) is 2. The Balaban J connectivity index is 2.61. The Morgan fingerprint density at radius 2 is 2.42 bits per heavy atom. The van der Waals surface area contributed by atoms with E-state index in [0.717, 1.165) is 20.9 Å². The highest BCUT2D eigenvalue weighted by atomic mass is 79.9. The highest BCUT2D eigenvalue weighted by Crippen LogP contribution is 2.31. The van der Waals surface area contributed by atoms with Gasteiger partial charge in [0.1, 0.15) is 5.82 Å². The van der Waals surface area contributed by atoms with Gasteiger partial charge < -0.3 is 11.2 Å². The van der Waals surface area contributed by atoms with Crippen LogP contribution in [0.4, 0.5) is 5.82 Å². The molecule has 1 aliphatic rings. The van der Waals surface area contributed by atoms with Gasteiger partial charge in [0, 0.05) is 21.3 Å². The van der Waals surface area contributed by atoms with E-state index in [2.05, 4.69) is 21.2 Å². The van der Waals surface area contributed by atoms with Crippen LogP contribution in [-0.4, -0.2) is 11.2 Å². The van der Waals surface area contributed by atoms with E-state index < -0.39 is 0 Å². The molecule has 5 heteroatoms. The third-order valence-corrected chi connectivity index (χ3v) is 2.62. The van der Waals surface area contributed by atoms with Gasteiger partial charge in [0.15, 0.2) is 0 Å². The average Bonchev–Trinajstić information content (AvgIpc) is 2.28. The lowest BCUT2D eigenvalue weighted by Gasteiger charge is -2.13. The first-order valence-corrected chi connectivity index (χ1v) is 4.61. The van der Waals surface area contributed by atoms with Crippen molar-refractivity contribution in [3.05, 3.63) is 21.3 Å². The number of hydrogen-bond donors (Lipinski definition) is 2. The Bertz CT molecular complexity index is 356. The number of halogens is 2.